The summed E-state index contributed by atoms with van der Waals surface area (Å²) < 4.78 is 0. The van der Waals surface area contributed by atoms with Crippen LogP contribution in [0.1, 0.15) is 79.1 Å². The van der Waals surface area contributed by atoms with Crippen molar-refractivity contribution in [3.8, 4) is 0 Å². The van der Waals surface area contributed by atoms with Crippen LogP contribution in [0, 0.1) is 22.2 Å². The van der Waals surface area contributed by atoms with Crippen LogP contribution in [0.4, 0.5) is 0 Å². The lowest BCUT2D eigenvalue weighted by molar-refractivity contribution is -0.0687. The second-order valence-electron chi connectivity index (χ2n) is 9.40. The van der Waals surface area contributed by atoms with Gasteiger partial charge in [-0.1, -0.05) is 38.8 Å². The quantitative estimate of drug-likeness (QED) is 0.740. The van der Waals surface area contributed by atoms with Gasteiger partial charge < -0.3 is 10.2 Å². The third-order valence-corrected chi connectivity index (χ3v) is 7.65. The van der Waals surface area contributed by atoms with Crippen LogP contribution in [0.5, 0.6) is 0 Å². The normalized spacial score (nSPS) is 42.5. The summed E-state index contributed by atoms with van der Waals surface area (Å²) in [5.74, 6) is 0.681. The number of allylic oxidation sites excluding steroid dienone is 2. The Balaban J connectivity index is 1.92. The van der Waals surface area contributed by atoms with E-state index in [0.29, 0.717) is 16.7 Å². The smallest absolute Gasteiger partial charge is 0.0824 e. The third-order valence-electron chi connectivity index (χ3n) is 7.65. The summed E-state index contributed by atoms with van der Waals surface area (Å²) in [6.07, 6.45) is 9.24. The molecule has 1 fully saturated rings. The molecule has 0 aliphatic heterocycles. The van der Waals surface area contributed by atoms with E-state index in [-0.39, 0.29) is 12.0 Å². The van der Waals surface area contributed by atoms with Crippen molar-refractivity contribution in [2.45, 2.75) is 85.2 Å². The highest BCUT2D eigenvalue weighted by Gasteiger charge is 2.52. The van der Waals surface area contributed by atoms with Gasteiger partial charge in [-0.2, -0.15) is 0 Å². The van der Waals surface area contributed by atoms with Crippen LogP contribution in [0.3, 0.4) is 0 Å². The van der Waals surface area contributed by atoms with E-state index in [1.807, 2.05) is 0 Å². The van der Waals surface area contributed by atoms with Gasteiger partial charge in [0.05, 0.1) is 12.7 Å². The molecule has 2 N–H and O–H groups in total. The Morgan fingerprint density at radius 3 is 2.45 bits per heavy atom. The number of hydrogen-bond donors (Lipinski definition) is 2. The maximum Gasteiger partial charge on any atom is 0.0824 e. The molecule has 0 radical (unpaired) electrons. The summed E-state index contributed by atoms with van der Waals surface area (Å²) in [7, 11) is 0. The molecule has 2 heteroatoms. The first-order valence-electron chi connectivity index (χ1n) is 9.25. The van der Waals surface area contributed by atoms with Crippen molar-refractivity contribution < 1.29 is 10.2 Å². The zero-order chi connectivity index (χ0) is 16.2. The second kappa shape index (κ2) is 5.34. The fraction of sp³-hybridized carbons (Fsp3) is 0.900. The van der Waals surface area contributed by atoms with E-state index in [1.165, 1.54) is 38.5 Å². The Morgan fingerprint density at radius 1 is 1.05 bits per heavy atom. The Morgan fingerprint density at radius 2 is 1.77 bits per heavy atom. The van der Waals surface area contributed by atoms with Crippen molar-refractivity contribution in [3.05, 3.63) is 11.1 Å². The molecule has 0 amide bonds. The molecule has 0 bridgehead atoms. The molecule has 4 unspecified atom stereocenters. The molecule has 0 aromatic carbocycles. The number of fused-ring (bicyclic) bond motifs is 2. The Labute approximate surface area is 136 Å². The van der Waals surface area contributed by atoms with E-state index in [2.05, 4.69) is 27.7 Å². The SMILES string of the molecule is CC1(C)CCCC2=C1CCC1CC(C)(C(O)CO)CCC21C. The number of rotatable bonds is 2. The van der Waals surface area contributed by atoms with Crippen LogP contribution >= 0.6 is 0 Å². The van der Waals surface area contributed by atoms with E-state index in [1.54, 1.807) is 11.1 Å². The molecule has 22 heavy (non-hydrogen) atoms. The van der Waals surface area contributed by atoms with Gasteiger partial charge in [0.25, 0.3) is 0 Å². The van der Waals surface area contributed by atoms with E-state index in [0.717, 1.165) is 12.8 Å². The van der Waals surface area contributed by atoms with Gasteiger partial charge in [0.2, 0.25) is 0 Å². The van der Waals surface area contributed by atoms with Crippen molar-refractivity contribution in [3.63, 3.8) is 0 Å². The zero-order valence-corrected chi connectivity index (χ0v) is 14.9. The molecule has 3 aliphatic carbocycles. The Hall–Kier alpha value is -0.340. The Bertz CT molecular complexity index is 478. The van der Waals surface area contributed by atoms with Crippen molar-refractivity contribution in [1.82, 2.24) is 0 Å². The lowest BCUT2D eigenvalue weighted by atomic mass is 9.49. The molecule has 3 aliphatic rings. The van der Waals surface area contributed by atoms with Crippen molar-refractivity contribution >= 4 is 0 Å². The molecular weight excluding hydrogens is 272 g/mol. The molecule has 0 saturated heterocycles. The summed E-state index contributed by atoms with van der Waals surface area (Å²) in [6.45, 7) is 9.46. The molecule has 0 aromatic rings. The Kier molecular flexibility index (Phi) is 4.01. The highest BCUT2D eigenvalue weighted by atomic mass is 16.3. The molecular formula is C20H34O2. The van der Waals surface area contributed by atoms with E-state index < -0.39 is 6.10 Å². The lowest BCUT2D eigenvalue weighted by Gasteiger charge is -2.56. The van der Waals surface area contributed by atoms with Crippen LogP contribution in [-0.4, -0.2) is 22.9 Å². The fourth-order valence-corrected chi connectivity index (χ4v) is 5.84. The van der Waals surface area contributed by atoms with Crippen molar-refractivity contribution in [2.24, 2.45) is 22.2 Å². The molecule has 0 heterocycles. The average molecular weight is 306 g/mol. The van der Waals surface area contributed by atoms with Gasteiger partial charge in [0.15, 0.2) is 0 Å². The molecule has 4 atom stereocenters. The van der Waals surface area contributed by atoms with Gasteiger partial charge in [-0.15, -0.1) is 0 Å². The van der Waals surface area contributed by atoms with Gasteiger partial charge in [0, 0.05) is 0 Å². The average Bonchev–Trinajstić information content (AvgIpc) is 2.47. The number of aliphatic hydroxyl groups is 2. The fourth-order valence-electron chi connectivity index (χ4n) is 5.84. The summed E-state index contributed by atoms with van der Waals surface area (Å²) in [4.78, 5) is 0. The first-order chi connectivity index (χ1) is 10.2. The third kappa shape index (κ3) is 2.38. The standard InChI is InChI=1S/C20H34O2/c1-18(2)9-5-6-16-15(18)8-7-14-12-19(3,17(22)13-21)10-11-20(14,16)4/h14,17,21-22H,5-13H2,1-4H3. The van der Waals surface area contributed by atoms with Crippen LogP contribution in [0.2, 0.25) is 0 Å². The van der Waals surface area contributed by atoms with E-state index in [4.69, 9.17) is 0 Å². The first kappa shape index (κ1) is 16.5. The topological polar surface area (TPSA) is 40.5 Å². The molecule has 126 valence electrons. The summed E-state index contributed by atoms with van der Waals surface area (Å²) >= 11 is 0. The molecule has 1 saturated carbocycles. The number of aliphatic hydroxyl groups excluding tert-OH is 2. The van der Waals surface area contributed by atoms with E-state index >= 15 is 0 Å². The monoisotopic (exact) mass is 306 g/mol. The molecule has 2 nitrogen and oxygen atoms in total. The number of hydrogen-bond acceptors (Lipinski definition) is 2. The van der Waals surface area contributed by atoms with Crippen LogP contribution < -0.4 is 0 Å². The van der Waals surface area contributed by atoms with Crippen molar-refractivity contribution in [2.75, 3.05) is 6.61 Å². The predicted molar refractivity (Wildman–Crippen MR) is 90.5 cm³/mol. The van der Waals surface area contributed by atoms with Crippen LogP contribution in [-0.2, 0) is 0 Å². The lowest BCUT2D eigenvalue weighted by Crippen LogP contribution is -2.48. The van der Waals surface area contributed by atoms with Crippen LogP contribution in [0.15, 0.2) is 11.1 Å². The van der Waals surface area contributed by atoms with Crippen LogP contribution in [0.25, 0.3) is 0 Å². The minimum atomic E-state index is -0.560. The second-order valence-corrected chi connectivity index (χ2v) is 9.40. The van der Waals surface area contributed by atoms with Gasteiger partial charge in [0.1, 0.15) is 0 Å². The summed E-state index contributed by atoms with van der Waals surface area (Å²) in [5, 5.41) is 19.7. The molecule has 0 spiro atoms. The highest BCUT2D eigenvalue weighted by Crippen LogP contribution is 2.62. The summed E-state index contributed by atoms with van der Waals surface area (Å²) in [5.41, 5.74) is 4.19. The largest absolute Gasteiger partial charge is 0.394 e. The highest BCUT2D eigenvalue weighted by molar-refractivity contribution is 5.33. The van der Waals surface area contributed by atoms with Gasteiger partial charge in [-0.3, -0.25) is 0 Å². The minimum absolute atomic E-state index is 0.0961. The maximum absolute atomic E-state index is 10.3. The zero-order valence-electron chi connectivity index (χ0n) is 14.9. The van der Waals surface area contributed by atoms with E-state index in [9.17, 15) is 10.2 Å². The maximum atomic E-state index is 10.3. The predicted octanol–water partition coefficient (Wildman–Crippen LogP) is 4.45. The van der Waals surface area contributed by atoms with Gasteiger partial charge in [-0.25, -0.2) is 0 Å². The summed E-state index contributed by atoms with van der Waals surface area (Å²) in [6, 6.07) is 0. The molecule has 3 rings (SSSR count). The first-order valence-corrected chi connectivity index (χ1v) is 9.25. The minimum Gasteiger partial charge on any atom is -0.394 e. The van der Waals surface area contributed by atoms with Gasteiger partial charge >= 0.3 is 0 Å². The van der Waals surface area contributed by atoms with Crippen molar-refractivity contribution in [1.29, 1.82) is 0 Å². The molecule has 0 aromatic heterocycles. The van der Waals surface area contributed by atoms with Gasteiger partial charge in [-0.05, 0) is 73.5 Å².